The van der Waals surface area contributed by atoms with Gasteiger partial charge in [0.15, 0.2) is 0 Å². The quantitative estimate of drug-likeness (QED) is 0.586. The first-order chi connectivity index (χ1) is 9.35. The van der Waals surface area contributed by atoms with Crippen LogP contribution in [0.25, 0.3) is 0 Å². The number of ether oxygens (including phenoxy) is 1. The Hall–Kier alpha value is -1.62. The van der Waals surface area contributed by atoms with Gasteiger partial charge in [-0.2, -0.15) is 0 Å². The van der Waals surface area contributed by atoms with Crippen molar-refractivity contribution in [3.8, 4) is 17.6 Å². The molecular weight excluding hydrogens is 234 g/mol. The summed E-state index contributed by atoms with van der Waals surface area (Å²) in [5.74, 6) is 7.64. The molecule has 1 aromatic carbocycles. The van der Waals surface area contributed by atoms with E-state index >= 15 is 0 Å². The molecule has 1 aromatic rings. The van der Waals surface area contributed by atoms with Gasteiger partial charge in [-0.1, -0.05) is 31.8 Å². The highest BCUT2D eigenvalue weighted by Crippen LogP contribution is 2.28. The zero-order chi connectivity index (χ0) is 13.5. The van der Waals surface area contributed by atoms with Gasteiger partial charge in [-0.15, -0.1) is 5.92 Å². The van der Waals surface area contributed by atoms with Crippen molar-refractivity contribution in [1.29, 1.82) is 0 Å². The van der Waals surface area contributed by atoms with Crippen LogP contribution in [0.1, 0.15) is 39.0 Å². The molecule has 1 aliphatic rings. The average Bonchev–Trinajstić information content (AvgIpc) is 2.41. The minimum Gasteiger partial charge on any atom is -0.497 e. The minimum atomic E-state index is 0.397. The normalized spacial score (nSPS) is 17.4. The predicted octanol–water partition coefficient (Wildman–Crippen LogP) is 3.86. The number of nitrogens with zero attached hydrogens (tertiary/aromatic N) is 1. The van der Waals surface area contributed by atoms with Crippen molar-refractivity contribution in [2.24, 2.45) is 0 Å². The lowest BCUT2D eigenvalue weighted by Crippen LogP contribution is -2.46. The SMILES string of the molecule is CCCCCC#CC1CCN1c1cccc(OC)c1. The van der Waals surface area contributed by atoms with E-state index in [9.17, 15) is 0 Å². The molecule has 1 heterocycles. The van der Waals surface area contributed by atoms with Crippen LogP contribution in [0, 0.1) is 11.8 Å². The minimum absolute atomic E-state index is 0.397. The van der Waals surface area contributed by atoms with Gasteiger partial charge >= 0.3 is 0 Å². The third-order valence-electron chi connectivity index (χ3n) is 3.58. The summed E-state index contributed by atoms with van der Waals surface area (Å²) in [7, 11) is 1.71. The first kappa shape index (κ1) is 13.8. The maximum absolute atomic E-state index is 5.27. The zero-order valence-electron chi connectivity index (χ0n) is 12.0. The molecule has 19 heavy (non-hydrogen) atoms. The van der Waals surface area contributed by atoms with Crippen molar-refractivity contribution in [3.63, 3.8) is 0 Å². The summed E-state index contributed by atoms with van der Waals surface area (Å²) < 4.78 is 5.27. The highest BCUT2D eigenvalue weighted by atomic mass is 16.5. The molecule has 2 rings (SSSR count). The number of methoxy groups -OCH3 is 1. The molecule has 102 valence electrons. The van der Waals surface area contributed by atoms with E-state index in [4.69, 9.17) is 4.74 Å². The fourth-order valence-corrected chi connectivity index (χ4v) is 2.29. The van der Waals surface area contributed by atoms with E-state index in [-0.39, 0.29) is 0 Å². The van der Waals surface area contributed by atoms with Crippen molar-refractivity contribution < 1.29 is 4.74 Å². The Morgan fingerprint density at radius 3 is 2.95 bits per heavy atom. The van der Waals surface area contributed by atoms with Gasteiger partial charge < -0.3 is 9.64 Å². The van der Waals surface area contributed by atoms with E-state index in [0.29, 0.717) is 6.04 Å². The molecule has 1 unspecified atom stereocenters. The number of hydrogen-bond acceptors (Lipinski definition) is 2. The molecule has 0 bridgehead atoms. The van der Waals surface area contributed by atoms with Crippen molar-refractivity contribution in [2.75, 3.05) is 18.6 Å². The maximum atomic E-state index is 5.27. The van der Waals surface area contributed by atoms with Gasteiger partial charge in [-0.3, -0.25) is 0 Å². The lowest BCUT2D eigenvalue weighted by Gasteiger charge is -2.39. The van der Waals surface area contributed by atoms with Crippen molar-refractivity contribution >= 4 is 5.69 Å². The first-order valence-electron chi connectivity index (χ1n) is 7.24. The van der Waals surface area contributed by atoms with E-state index in [1.165, 1.54) is 31.4 Å². The van der Waals surface area contributed by atoms with E-state index in [0.717, 1.165) is 18.7 Å². The number of unbranched alkanes of at least 4 members (excludes halogenated alkanes) is 3. The summed E-state index contributed by atoms with van der Waals surface area (Å²) in [5.41, 5.74) is 1.22. The van der Waals surface area contributed by atoms with E-state index < -0.39 is 0 Å². The molecule has 0 spiro atoms. The molecule has 0 aromatic heterocycles. The maximum Gasteiger partial charge on any atom is 0.120 e. The molecule has 1 fully saturated rings. The lowest BCUT2D eigenvalue weighted by atomic mass is 10.0. The zero-order valence-corrected chi connectivity index (χ0v) is 12.0. The van der Waals surface area contributed by atoms with Gasteiger partial charge in [0.05, 0.1) is 13.2 Å². The third kappa shape index (κ3) is 3.67. The molecule has 0 N–H and O–H groups in total. The van der Waals surface area contributed by atoms with Crippen LogP contribution in [0.15, 0.2) is 24.3 Å². The molecular formula is C17H23NO. The molecule has 1 atom stereocenters. The van der Waals surface area contributed by atoms with Crippen LogP contribution in [0.5, 0.6) is 5.75 Å². The van der Waals surface area contributed by atoms with E-state index in [1.54, 1.807) is 7.11 Å². The highest BCUT2D eigenvalue weighted by Gasteiger charge is 2.26. The molecule has 2 heteroatoms. The molecule has 0 aliphatic carbocycles. The van der Waals surface area contributed by atoms with Crippen LogP contribution < -0.4 is 9.64 Å². The van der Waals surface area contributed by atoms with Crippen LogP contribution in [-0.2, 0) is 0 Å². The van der Waals surface area contributed by atoms with E-state index in [1.807, 2.05) is 12.1 Å². The number of anilines is 1. The van der Waals surface area contributed by atoms with E-state index in [2.05, 4.69) is 35.8 Å². The summed E-state index contributed by atoms with van der Waals surface area (Å²) in [6.45, 7) is 3.32. The lowest BCUT2D eigenvalue weighted by molar-refractivity contribution is 0.414. The van der Waals surface area contributed by atoms with Crippen molar-refractivity contribution in [2.45, 2.75) is 45.1 Å². The monoisotopic (exact) mass is 257 g/mol. The second-order valence-electron chi connectivity index (χ2n) is 4.98. The van der Waals surface area contributed by atoms with Gasteiger partial charge in [-0.25, -0.2) is 0 Å². The van der Waals surface area contributed by atoms with Crippen LogP contribution in [0.2, 0.25) is 0 Å². The van der Waals surface area contributed by atoms with Crippen LogP contribution in [0.4, 0.5) is 5.69 Å². The van der Waals surface area contributed by atoms with Crippen molar-refractivity contribution in [3.05, 3.63) is 24.3 Å². The molecule has 1 aliphatic heterocycles. The van der Waals surface area contributed by atoms with Gasteiger partial charge in [-0.05, 0) is 25.0 Å². The summed E-state index contributed by atoms with van der Waals surface area (Å²) in [6, 6.07) is 8.64. The summed E-state index contributed by atoms with van der Waals surface area (Å²) in [5, 5.41) is 0. The number of rotatable bonds is 5. The molecule has 0 amide bonds. The molecule has 2 nitrogen and oxygen atoms in total. The van der Waals surface area contributed by atoms with Gasteiger partial charge in [0.2, 0.25) is 0 Å². The Kier molecular flexibility index (Phi) is 5.15. The Labute approximate surface area is 116 Å². The van der Waals surface area contributed by atoms with Crippen LogP contribution >= 0.6 is 0 Å². The van der Waals surface area contributed by atoms with Crippen LogP contribution in [-0.4, -0.2) is 19.7 Å². The second-order valence-corrected chi connectivity index (χ2v) is 4.98. The second kappa shape index (κ2) is 7.09. The Bertz CT molecular complexity index is 458. The third-order valence-corrected chi connectivity index (χ3v) is 3.58. The fourth-order valence-electron chi connectivity index (χ4n) is 2.29. The Morgan fingerprint density at radius 1 is 1.37 bits per heavy atom. The predicted molar refractivity (Wildman–Crippen MR) is 80.7 cm³/mol. The topological polar surface area (TPSA) is 12.5 Å². The number of hydrogen-bond donors (Lipinski definition) is 0. The van der Waals surface area contributed by atoms with Crippen LogP contribution in [0.3, 0.4) is 0 Å². The molecule has 0 saturated carbocycles. The summed E-state index contributed by atoms with van der Waals surface area (Å²) >= 11 is 0. The van der Waals surface area contributed by atoms with Crippen molar-refractivity contribution in [1.82, 2.24) is 0 Å². The Morgan fingerprint density at radius 2 is 2.26 bits per heavy atom. The smallest absolute Gasteiger partial charge is 0.120 e. The van der Waals surface area contributed by atoms with Gasteiger partial charge in [0, 0.05) is 24.7 Å². The number of benzene rings is 1. The average molecular weight is 257 g/mol. The van der Waals surface area contributed by atoms with Gasteiger partial charge in [0.25, 0.3) is 0 Å². The summed E-state index contributed by atoms with van der Waals surface area (Å²) in [6.07, 6.45) is 6.00. The largest absolute Gasteiger partial charge is 0.497 e. The standard InChI is InChI=1S/C17H23NO/c1-3-4-5-6-7-9-15-12-13-18(15)16-10-8-11-17(14-16)19-2/h8,10-11,14-15H,3-6,12-13H2,1-2H3. The first-order valence-corrected chi connectivity index (χ1v) is 7.24. The molecule has 1 saturated heterocycles. The highest BCUT2D eigenvalue weighted by molar-refractivity contribution is 5.55. The summed E-state index contributed by atoms with van der Waals surface area (Å²) in [4.78, 5) is 2.36. The molecule has 0 radical (unpaired) electrons. The fraction of sp³-hybridized carbons (Fsp3) is 0.529. The Balaban J connectivity index is 1.90. The van der Waals surface area contributed by atoms with Gasteiger partial charge in [0.1, 0.15) is 5.75 Å².